The standard InChI is InChI=1S/C13H17N3O/c1-8-6-11(4-5-13(8)14)15-7-12-9(2)16-17-10(12)3/h4-6,15H,7,14H2,1-3H3. The minimum atomic E-state index is 0.713. The van der Waals surface area contributed by atoms with Gasteiger partial charge in [0, 0.05) is 23.5 Å². The maximum atomic E-state index is 5.77. The lowest BCUT2D eigenvalue weighted by Crippen LogP contribution is -2.02. The Morgan fingerprint density at radius 1 is 1.29 bits per heavy atom. The summed E-state index contributed by atoms with van der Waals surface area (Å²) in [7, 11) is 0. The van der Waals surface area contributed by atoms with Gasteiger partial charge in [0.1, 0.15) is 5.76 Å². The summed E-state index contributed by atoms with van der Waals surface area (Å²) in [5.74, 6) is 0.863. The lowest BCUT2D eigenvalue weighted by atomic mass is 10.1. The van der Waals surface area contributed by atoms with Gasteiger partial charge in [0.05, 0.1) is 5.69 Å². The summed E-state index contributed by atoms with van der Waals surface area (Å²) in [6.07, 6.45) is 0. The first-order valence-electron chi connectivity index (χ1n) is 5.59. The highest BCUT2D eigenvalue weighted by atomic mass is 16.5. The number of rotatable bonds is 3. The Kier molecular flexibility index (Phi) is 3.04. The molecular formula is C13H17N3O. The number of nitrogens with zero attached hydrogens (tertiary/aromatic N) is 1. The normalized spacial score (nSPS) is 10.5. The van der Waals surface area contributed by atoms with E-state index in [0.717, 1.165) is 34.0 Å². The molecule has 0 amide bonds. The first-order valence-corrected chi connectivity index (χ1v) is 5.59. The van der Waals surface area contributed by atoms with Gasteiger partial charge in [0.15, 0.2) is 0 Å². The fourth-order valence-electron chi connectivity index (χ4n) is 1.73. The summed E-state index contributed by atoms with van der Waals surface area (Å²) >= 11 is 0. The second-order valence-electron chi connectivity index (χ2n) is 4.23. The molecule has 0 radical (unpaired) electrons. The van der Waals surface area contributed by atoms with Crippen molar-refractivity contribution in [1.29, 1.82) is 0 Å². The van der Waals surface area contributed by atoms with Crippen molar-refractivity contribution in [2.45, 2.75) is 27.3 Å². The second-order valence-corrected chi connectivity index (χ2v) is 4.23. The third-order valence-corrected chi connectivity index (χ3v) is 2.92. The molecule has 0 aliphatic rings. The van der Waals surface area contributed by atoms with Gasteiger partial charge in [0.2, 0.25) is 0 Å². The van der Waals surface area contributed by atoms with Crippen LogP contribution >= 0.6 is 0 Å². The average molecular weight is 231 g/mol. The Hall–Kier alpha value is -1.97. The molecule has 0 aliphatic carbocycles. The molecule has 1 aromatic heterocycles. The number of nitrogens with one attached hydrogen (secondary N) is 1. The summed E-state index contributed by atoms with van der Waals surface area (Å²) in [6.45, 7) is 6.58. The fourth-order valence-corrected chi connectivity index (χ4v) is 1.73. The van der Waals surface area contributed by atoms with Crippen LogP contribution in [-0.4, -0.2) is 5.16 Å². The third-order valence-electron chi connectivity index (χ3n) is 2.92. The summed E-state index contributed by atoms with van der Waals surface area (Å²) in [4.78, 5) is 0. The molecule has 90 valence electrons. The zero-order chi connectivity index (χ0) is 12.4. The van der Waals surface area contributed by atoms with Crippen LogP contribution in [0.3, 0.4) is 0 Å². The molecule has 0 bridgehead atoms. The van der Waals surface area contributed by atoms with Gasteiger partial charge in [-0.1, -0.05) is 5.16 Å². The zero-order valence-electron chi connectivity index (χ0n) is 10.4. The van der Waals surface area contributed by atoms with Gasteiger partial charge in [-0.15, -0.1) is 0 Å². The Morgan fingerprint density at radius 3 is 2.65 bits per heavy atom. The minimum absolute atomic E-state index is 0.713. The van der Waals surface area contributed by atoms with E-state index in [2.05, 4.69) is 10.5 Å². The van der Waals surface area contributed by atoms with Crippen molar-refractivity contribution in [3.05, 3.63) is 40.8 Å². The SMILES string of the molecule is Cc1cc(NCc2c(C)noc2C)ccc1N. The summed E-state index contributed by atoms with van der Waals surface area (Å²) in [5, 5.41) is 7.27. The number of aryl methyl sites for hydroxylation is 3. The molecule has 1 heterocycles. The predicted octanol–water partition coefficient (Wildman–Crippen LogP) is 2.79. The van der Waals surface area contributed by atoms with Crippen molar-refractivity contribution in [3.63, 3.8) is 0 Å². The first kappa shape index (κ1) is 11.5. The van der Waals surface area contributed by atoms with E-state index in [0.29, 0.717) is 6.54 Å². The molecule has 4 nitrogen and oxygen atoms in total. The molecule has 0 fully saturated rings. The van der Waals surface area contributed by atoms with Crippen LogP contribution in [0.25, 0.3) is 0 Å². The van der Waals surface area contributed by atoms with E-state index in [1.807, 2.05) is 39.0 Å². The van der Waals surface area contributed by atoms with E-state index in [-0.39, 0.29) is 0 Å². The molecular weight excluding hydrogens is 214 g/mol. The largest absolute Gasteiger partial charge is 0.399 e. The van der Waals surface area contributed by atoms with E-state index in [9.17, 15) is 0 Å². The predicted molar refractivity (Wildman–Crippen MR) is 68.9 cm³/mol. The van der Waals surface area contributed by atoms with E-state index in [1.54, 1.807) is 0 Å². The number of hydrogen-bond acceptors (Lipinski definition) is 4. The van der Waals surface area contributed by atoms with Crippen LogP contribution in [0.4, 0.5) is 11.4 Å². The van der Waals surface area contributed by atoms with Crippen LogP contribution in [0.1, 0.15) is 22.6 Å². The molecule has 3 N–H and O–H groups in total. The van der Waals surface area contributed by atoms with Crippen molar-refractivity contribution in [1.82, 2.24) is 5.16 Å². The molecule has 0 saturated carbocycles. The number of nitrogen functional groups attached to an aromatic ring is 1. The molecule has 17 heavy (non-hydrogen) atoms. The Labute approximate surface area is 101 Å². The number of anilines is 2. The monoisotopic (exact) mass is 231 g/mol. The number of benzene rings is 1. The van der Waals surface area contributed by atoms with E-state index >= 15 is 0 Å². The zero-order valence-corrected chi connectivity index (χ0v) is 10.4. The van der Waals surface area contributed by atoms with Gasteiger partial charge < -0.3 is 15.6 Å². The van der Waals surface area contributed by atoms with Crippen LogP contribution in [0.5, 0.6) is 0 Å². The van der Waals surface area contributed by atoms with E-state index < -0.39 is 0 Å². The van der Waals surface area contributed by atoms with Gasteiger partial charge in [-0.2, -0.15) is 0 Å². The van der Waals surface area contributed by atoms with Gasteiger partial charge in [0.25, 0.3) is 0 Å². The molecule has 0 unspecified atom stereocenters. The van der Waals surface area contributed by atoms with Crippen LogP contribution < -0.4 is 11.1 Å². The summed E-state index contributed by atoms with van der Waals surface area (Å²) in [5.41, 5.74) is 10.8. The van der Waals surface area contributed by atoms with Crippen molar-refractivity contribution < 1.29 is 4.52 Å². The maximum Gasteiger partial charge on any atom is 0.138 e. The molecule has 0 atom stereocenters. The van der Waals surface area contributed by atoms with Gasteiger partial charge in [-0.25, -0.2) is 0 Å². The van der Waals surface area contributed by atoms with Gasteiger partial charge in [-0.3, -0.25) is 0 Å². The lowest BCUT2D eigenvalue weighted by Gasteiger charge is -2.08. The van der Waals surface area contributed by atoms with E-state index in [1.165, 1.54) is 0 Å². The quantitative estimate of drug-likeness (QED) is 0.797. The van der Waals surface area contributed by atoms with Crippen molar-refractivity contribution >= 4 is 11.4 Å². The second kappa shape index (κ2) is 4.49. The smallest absolute Gasteiger partial charge is 0.138 e. The fraction of sp³-hybridized carbons (Fsp3) is 0.308. The maximum absolute atomic E-state index is 5.77. The highest BCUT2D eigenvalue weighted by molar-refractivity contribution is 5.56. The Balaban J connectivity index is 2.10. The molecule has 0 spiro atoms. The summed E-state index contributed by atoms with van der Waals surface area (Å²) < 4.78 is 5.12. The summed E-state index contributed by atoms with van der Waals surface area (Å²) in [6, 6.07) is 5.92. The molecule has 4 heteroatoms. The van der Waals surface area contributed by atoms with Crippen molar-refractivity contribution in [3.8, 4) is 0 Å². The molecule has 1 aromatic carbocycles. The van der Waals surface area contributed by atoms with Crippen LogP contribution in [-0.2, 0) is 6.54 Å². The first-order chi connectivity index (χ1) is 8.08. The van der Waals surface area contributed by atoms with Crippen molar-refractivity contribution in [2.24, 2.45) is 0 Å². The van der Waals surface area contributed by atoms with Crippen LogP contribution in [0.15, 0.2) is 22.7 Å². The number of hydrogen-bond donors (Lipinski definition) is 2. The number of aromatic nitrogens is 1. The van der Waals surface area contributed by atoms with Crippen LogP contribution in [0, 0.1) is 20.8 Å². The molecule has 0 saturated heterocycles. The van der Waals surface area contributed by atoms with Gasteiger partial charge in [-0.05, 0) is 44.5 Å². The Morgan fingerprint density at radius 2 is 2.06 bits per heavy atom. The van der Waals surface area contributed by atoms with Gasteiger partial charge >= 0.3 is 0 Å². The lowest BCUT2D eigenvalue weighted by molar-refractivity contribution is 0.392. The van der Waals surface area contributed by atoms with Crippen molar-refractivity contribution in [2.75, 3.05) is 11.1 Å². The number of nitrogens with two attached hydrogens (primary N) is 1. The molecule has 2 aromatic rings. The van der Waals surface area contributed by atoms with E-state index in [4.69, 9.17) is 10.3 Å². The highest BCUT2D eigenvalue weighted by Gasteiger charge is 2.08. The van der Waals surface area contributed by atoms with Crippen LogP contribution in [0.2, 0.25) is 0 Å². The topological polar surface area (TPSA) is 64.1 Å². The minimum Gasteiger partial charge on any atom is -0.399 e. The highest BCUT2D eigenvalue weighted by Crippen LogP contribution is 2.19. The molecule has 2 rings (SSSR count). The average Bonchev–Trinajstić information content (AvgIpc) is 2.61. The Bertz CT molecular complexity index is 512. The third kappa shape index (κ3) is 2.41. The molecule has 0 aliphatic heterocycles.